The SMILES string of the molecule is COc1cc(CNC(=O)c2ccc3c(c2)CCC(=O)N3)cc(OC)c1OC. The first-order valence-electron chi connectivity index (χ1n) is 8.55. The Morgan fingerprint density at radius 2 is 1.74 bits per heavy atom. The van der Waals surface area contributed by atoms with Gasteiger partial charge in [0, 0.05) is 24.2 Å². The average Bonchev–Trinajstić information content (AvgIpc) is 2.70. The van der Waals surface area contributed by atoms with Gasteiger partial charge in [0.05, 0.1) is 21.3 Å². The normalized spacial score (nSPS) is 12.6. The third-order valence-corrected chi connectivity index (χ3v) is 4.44. The summed E-state index contributed by atoms with van der Waals surface area (Å²) in [4.78, 5) is 23.9. The third kappa shape index (κ3) is 3.97. The van der Waals surface area contributed by atoms with Crippen molar-refractivity contribution >= 4 is 17.5 Å². The van der Waals surface area contributed by atoms with E-state index in [2.05, 4.69) is 10.6 Å². The number of methoxy groups -OCH3 is 3. The molecule has 0 aromatic heterocycles. The number of anilines is 1. The number of nitrogens with one attached hydrogen (secondary N) is 2. The molecule has 0 unspecified atom stereocenters. The highest BCUT2D eigenvalue weighted by atomic mass is 16.5. The van der Waals surface area contributed by atoms with Crippen LogP contribution in [0.1, 0.15) is 27.9 Å². The molecule has 0 spiro atoms. The summed E-state index contributed by atoms with van der Waals surface area (Å²) in [6, 6.07) is 8.88. The van der Waals surface area contributed by atoms with Crippen LogP contribution in [0, 0.1) is 0 Å². The maximum Gasteiger partial charge on any atom is 0.251 e. The fourth-order valence-corrected chi connectivity index (χ4v) is 3.05. The van der Waals surface area contributed by atoms with Crippen LogP contribution in [0.15, 0.2) is 30.3 Å². The molecule has 0 aliphatic carbocycles. The molecule has 0 atom stereocenters. The van der Waals surface area contributed by atoms with Crippen molar-refractivity contribution in [2.45, 2.75) is 19.4 Å². The predicted octanol–water partition coefficient (Wildman–Crippen LogP) is 2.53. The Kier molecular flexibility index (Phi) is 5.49. The largest absolute Gasteiger partial charge is 0.493 e. The highest BCUT2D eigenvalue weighted by Crippen LogP contribution is 2.38. The van der Waals surface area contributed by atoms with Gasteiger partial charge in [0.1, 0.15) is 0 Å². The molecule has 0 saturated heterocycles. The Hall–Kier alpha value is -3.22. The maximum absolute atomic E-state index is 12.5. The van der Waals surface area contributed by atoms with Gasteiger partial charge in [-0.1, -0.05) is 0 Å². The fraction of sp³-hybridized carbons (Fsp3) is 0.300. The number of carbonyl (C=O) groups is 2. The first-order valence-corrected chi connectivity index (χ1v) is 8.55. The molecule has 2 amide bonds. The van der Waals surface area contributed by atoms with Crippen molar-refractivity contribution in [1.29, 1.82) is 0 Å². The van der Waals surface area contributed by atoms with Gasteiger partial charge in [-0.25, -0.2) is 0 Å². The summed E-state index contributed by atoms with van der Waals surface area (Å²) < 4.78 is 16.0. The summed E-state index contributed by atoms with van der Waals surface area (Å²) in [5, 5.41) is 5.70. The topological polar surface area (TPSA) is 85.9 Å². The maximum atomic E-state index is 12.5. The van der Waals surface area contributed by atoms with E-state index in [0.29, 0.717) is 42.2 Å². The molecule has 0 saturated carbocycles. The van der Waals surface area contributed by atoms with Gasteiger partial charge in [-0.15, -0.1) is 0 Å². The van der Waals surface area contributed by atoms with Gasteiger partial charge < -0.3 is 24.8 Å². The Bertz CT molecular complexity index is 854. The lowest BCUT2D eigenvalue weighted by molar-refractivity contribution is -0.116. The predicted molar refractivity (Wildman–Crippen MR) is 101 cm³/mol. The Morgan fingerprint density at radius 1 is 1.04 bits per heavy atom. The summed E-state index contributed by atoms with van der Waals surface area (Å²) in [5.41, 5.74) is 3.11. The van der Waals surface area contributed by atoms with Gasteiger partial charge in [0.25, 0.3) is 5.91 Å². The monoisotopic (exact) mass is 370 g/mol. The average molecular weight is 370 g/mol. The number of aryl methyl sites for hydroxylation is 1. The van der Waals surface area contributed by atoms with Crippen molar-refractivity contribution in [3.8, 4) is 17.2 Å². The van der Waals surface area contributed by atoms with Crippen LogP contribution in [0.2, 0.25) is 0 Å². The molecular weight excluding hydrogens is 348 g/mol. The minimum atomic E-state index is -0.191. The van der Waals surface area contributed by atoms with Gasteiger partial charge in [-0.05, 0) is 47.9 Å². The molecule has 7 nitrogen and oxygen atoms in total. The first kappa shape index (κ1) is 18.6. The van der Waals surface area contributed by atoms with Crippen LogP contribution in [0.25, 0.3) is 0 Å². The molecule has 1 aliphatic heterocycles. The van der Waals surface area contributed by atoms with Crippen LogP contribution in [-0.4, -0.2) is 33.1 Å². The van der Waals surface area contributed by atoms with E-state index in [1.165, 1.54) is 0 Å². The molecule has 0 radical (unpaired) electrons. The second-order valence-corrected chi connectivity index (χ2v) is 6.14. The Morgan fingerprint density at radius 3 is 2.37 bits per heavy atom. The molecule has 2 aromatic carbocycles. The van der Waals surface area contributed by atoms with Crippen LogP contribution >= 0.6 is 0 Å². The van der Waals surface area contributed by atoms with Crippen molar-refractivity contribution in [2.24, 2.45) is 0 Å². The molecule has 1 aliphatic rings. The molecule has 2 aromatic rings. The lowest BCUT2D eigenvalue weighted by Gasteiger charge is -2.17. The van der Waals surface area contributed by atoms with E-state index < -0.39 is 0 Å². The minimum absolute atomic E-state index is 0.00195. The summed E-state index contributed by atoms with van der Waals surface area (Å²) in [5.74, 6) is 1.38. The molecule has 142 valence electrons. The number of carbonyl (C=O) groups excluding carboxylic acids is 2. The zero-order valence-corrected chi connectivity index (χ0v) is 15.5. The molecule has 0 fully saturated rings. The van der Waals surface area contributed by atoms with Crippen molar-refractivity contribution in [3.05, 3.63) is 47.0 Å². The Balaban J connectivity index is 1.73. The van der Waals surface area contributed by atoms with Crippen molar-refractivity contribution in [1.82, 2.24) is 5.32 Å². The van der Waals surface area contributed by atoms with Crippen molar-refractivity contribution < 1.29 is 23.8 Å². The van der Waals surface area contributed by atoms with Gasteiger partial charge in [0.15, 0.2) is 11.5 Å². The Labute approximate surface area is 157 Å². The van der Waals surface area contributed by atoms with Crippen molar-refractivity contribution in [2.75, 3.05) is 26.6 Å². The highest BCUT2D eigenvalue weighted by Gasteiger charge is 2.17. The smallest absolute Gasteiger partial charge is 0.251 e. The van der Waals surface area contributed by atoms with Crippen molar-refractivity contribution in [3.63, 3.8) is 0 Å². The second-order valence-electron chi connectivity index (χ2n) is 6.14. The quantitative estimate of drug-likeness (QED) is 0.816. The zero-order valence-electron chi connectivity index (χ0n) is 15.5. The van der Waals surface area contributed by atoms with E-state index in [0.717, 1.165) is 16.8 Å². The summed E-state index contributed by atoms with van der Waals surface area (Å²) >= 11 is 0. The van der Waals surface area contributed by atoms with Crippen LogP contribution in [0.3, 0.4) is 0 Å². The first-order chi connectivity index (χ1) is 13.0. The number of benzene rings is 2. The lowest BCUT2D eigenvalue weighted by atomic mass is 10.00. The van der Waals surface area contributed by atoms with Crippen LogP contribution in [-0.2, 0) is 17.8 Å². The number of amides is 2. The van der Waals surface area contributed by atoms with Gasteiger partial charge in [0.2, 0.25) is 11.7 Å². The van der Waals surface area contributed by atoms with Gasteiger partial charge in [-0.3, -0.25) is 9.59 Å². The minimum Gasteiger partial charge on any atom is -0.493 e. The molecule has 7 heteroatoms. The molecule has 0 bridgehead atoms. The van der Waals surface area contributed by atoms with E-state index in [-0.39, 0.29) is 11.8 Å². The van der Waals surface area contributed by atoms with Crippen LogP contribution in [0.5, 0.6) is 17.2 Å². The summed E-state index contributed by atoms with van der Waals surface area (Å²) in [7, 11) is 4.64. The molecule has 3 rings (SSSR count). The lowest BCUT2D eigenvalue weighted by Crippen LogP contribution is -2.24. The fourth-order valence-electron chi connectivity index (χ4n) is 3.05. The summed E-state index contributed by atoms with van der Waals surface area (Å²) in [6.45, 7) is 0.309. The number of rotatable bonds is 6. The number of hydrogen-bond acceptors (Lipinski definition) is 5. The van der Waals surface area contributed by atoms with E-state index >= 15 is 0 Å². The van der Waals surface area contributed by atoms with Gasteiger partial charge in [-0.2, -0.15) is 0 Å². The number of hydrogen-bond donors (Lipinski definition) is 2. The van der Waals surface area contributed by atoms with E-state index in [1.807, 2.05) is 6.07 Å². The number of fused-ring (bicyclic) bond motifs is 1. The zero-order chi connectivity index (χ0) is 19.4. The molecule has 27 heavy (non-hydrogen) atoms. The highest BCUT2D eigenvalue weighted by molar-refractivity contribution is 5.97. The van der Waals surface area contributed by atoms with Crippen LogP contribution < -0.4 is 24.8 Å². The van der Waals surface area contributed by atoms with Crippen LogP contribution in [0.4, 0.5) is 5.69 Å². The number of ether oxygens (including phenoxy) is 3. The van der Waals surface area contributed by atoms with E-state index in [9.17, 15) is 9.59 Å². The molecule has 2 N–H and O–H groups in total. The second kappa shape index (κ2) is 7.99. The van der Waals surface area contributed by atoms with Gasteiger partial charge >= 0.3 is 0 Å². The summed E-state index contributed by atoms with van der Waals surface area (Å²) in [6.07, 6.45) is 1.07. The van der Waals surface area contributed by atoms with E-state index in [1.54, 1.807) is 45.6 Å². The molecule has 1 heterocycles. The molecular formula is C20H22N2O5. The van der Waals surface area contributed by atoms with E-state index in [4.69, 9.17) is 14.2 Å². The third-order valence-electron chi connectivity index (χ3n) is 4.44. The standard InChI is InChI=1S/C20H22N2O5/c1-25-16-8-12(9-17(26-2)19(16)27-3)11-21-20(24)14-4-6-15-13(10-14)5-7-18(23)22-15/h4,6,8-10H,5,7,11H2,1-3H3,(H,21,24)(H,22,23).